The van der Waals surface area contributed by atoms with E-state index in [0.29, 0.717) is 10.9 Å². The van der Waals surface area contributed by atoms with Crippen LogP contribution < -0.4 is 0 Å². The maximum Gasteiger partial charge on any atom is 0.0916 e. The van der Waals surface area contributed by atoms with E-state index in [1.165, 1.54) is 6.92 Å². The molecular formula is C22H31ClFN3O. The number of fused-ring (bicyclic) bond motifs is 1. The topological polar surface area (TPSA) is 50.8 Å². The lowest BCUT2D eigenvalue weighted by atomic mass is 10.0. The lowest BCUT2D eigenvalue weighted by Gasteiger charge is -2.11. The first kappa shape index (κ1) is 24.1. The number of rotatable bonds is 3. The van der Waals surface area contributed by atoms with E-state index in [-0.39, 0.29) is 6.67 Å². The van der Waals surface area contributed by atoms with Gasteiger partial charge in [-0.05, 0) is 57.4 Å². The molecule has 0 radical (unpaired) electrons. The summed E-state index contributed by atoms with van der Waals surface area (Å²) in [6.45, 7) is 12.3. The van der Waals surface area contributed by atoms with Crippen LogP contribution >= 0.6 is 11.6 Å². The van der Waals surface area contributed by atoms with Gasteiger partial charge in [-0.3, -0.25) is 9.37 Å². The molecule has 0 fully saturated rings. The van der Waals surface area contributed by atoms with Crippen LogP contribution in [0.5, 0.6) is 0 Å². The van der Waals surface area contributed by atoms with Gasteiger partial charge in [-0.15, -0.1) is 0 Å². The van der Waals surface area contributed by atoms with Gasteiger partial charge in [0.2, 0.25) is 0 Å². The minimum atomic E-state index is -0.250. The fraction of sp³-hybridized carbons (Fsp3) is 0.455. The summed E-state index contributed by atoms with van der Waals surface area (Å²) in [5, 5.41) is 0.645. The third-order valence-corrected chi connectivity index (χ3v) is 4.32. The van der Waals surface area contributed by atoms with Gasteiger partial charge in [-0.25, -0.2) is 4.98 Å². The van der Waals surface area contributed by atoms with Crippen molar-refractivity contribution in [3.8, 4) is 11.3 Å². The molecule has 0 bridgehead atoms. The van der Waals surface area contributed by atoms with E-state index in [0.717, 1.165) is 45.8 Å². The minimum Gasteiger partial charge on any atom is -0.385 e. The van der Waals surface area contributed by atoms with Gasteiger partial charge in [0.1, 0.15) is 0 Å². The van der Waals surface area contributed by atoms with Crippen molar-refractivity contribution in [1.29, 1.82) is 0 Å². The zero-order valence-electron chi connectivity index (χ0n) is 17.9. The van der Waals surface area contributed by atoms with Gasteiger partial charge in [0.25, 0.3) is 0 Å². The standard InChI is InChI=1S/C17H18ClN3.C3H8O.C2H5F/c1-9(2)14-6-5-12(11(4)20-14)17-13(18)7-15-16(21-17)10(3)8-19-15;1-3-4-2;1-2-3/h5-9,19H,1-4H3;3H2,1-2H3;2H2,1H3. The Kier molecular flexibility index (Phi) is 10.1. The molecule has 0 amide bonds. The van der Waals surface area contributed by atoms with Crippen molar-refractivity contribution in [2.75, 3.05) is 20.4 Å². The monoisotopic (exact) mass is 407 g/mol. The van der Waals surface area contributed by atoms with Crippen molar-refractivity contribution in [2.45, 2.75) is 47.5 Å². The molecule has 0 aromatic carbocycles. The molecule has 6 heteroatoms. The van der Waals surface area contributed by atoms with Crippen LogP contribution in [-0.4, -0.2) is 35.3 Å². The summed E-state index contributed by atoms with van der Waals surface area (Å²) >= 11 is 6.41. The molecule has 0 aliphatic carbocycles. The number of pyridine rings is 2. The van der Waals surface area contributed by atoms with Gasteiger partial charge < -0.3 is 9.72 Å². The van der Waals surface area contributed by atoms with Crippen LogP contribution in [0.1, 0.15) is 50.6 Å². The number of H-pyrrole nitrogens is 1. The molecule has 0 saturated heterocycles. The summed E-state index contributed by atoms with van der Waals surface area (Å²) < 4.78 is 14.8. The number of hydrogen-bond acceptors (Lipinski definition) is 3. The first-order valence-electron chi connectivity index (χ1n) is 9.47. The highest BCUT2D eigenvalue weighted by atomic mass is 35.5. The predicted octanol–water partition coefficient (Wildman–Crippen LogP) is 6.65. The first-order valence-corrected chi connectivity index (χ1v) is 9.85. The Bertz CT molecular complexity index is 876. The van der Waals surface area contributed by atoms with Crippen molar-refractivity contribution in [2.24, 2.45) is 0 Å². The summed E-state index contributed by atoms with van der Waals surface area (Å²) in [4.78, 5) is 12.6. The van der Waals surface area contributed by atoms with Crippen LogP contribution in [0.3, 0.4) is 0 Å². The fourth-order valence-corrected chi connectivity index (χ4v) is 2.75. The quantitative estimate of drug-likeness (QED) is 0.528. The van der Waals surface area contributed by atoms with E-state index in [1.807, 2.05) is 33.0 Å². The van der Waals surface area contributed by atoms with E-state index in [9.17, 15) is 4.39 Å². The molecule has 3 heterocycles. The van der Waals surface area contributed by atoms with Gasteiger partial charge in [-0.2, -0.15) is 0 Å². The highest BCUT2D eigenvalue weighted by molar-refractivity contribution is 6.33. The number of nitrogens with zero attached hydrogens (tertiary/aromatic N) is 2. The molecule has 4 nitrogen and oxygen atoms in total. The van der Waals surface area contributed by atoms with Crippen molar-refractivity contribution >= 4 is 22.6 Å². The zero-order valence-corrected chi connectivity index (χ0v) is 18.6. The molecule has 1 N–H and O–H groups in total. The van der Waals surface area contributed by atoms with E-state index in [2.05, 4.69) is 40.7 Å². The number of alkyl halides is 1. The number of halogens is 2. The van der Waals surface area contributed by atoms with Crippen molar-refractivity contribution in [1.82, 2.24) is 15.0 Å². The molecule has 0 aliphatic heterocycles. The average Bonchev–Trinajstić information content (AvgIpc) is 3.02. The molecule has 0 saturated carbocycles. The summed E-state index contributed by atoms with van der Waals surface area (Å²) in [6.07, 6.45) is 1.95. The Labute approximate surface area is 172 Å². The number of aryl methyl sites for hydroxylation is 2. The van der Waals surface area contributed by atoms with Crippen LogP contribution in [0, 0.1) is 13.8 Å². The Morgan fingerprint density at radius 1 is 1.18 bits per heavy atom. The molecule has 0 spiro atoms. The lowest BCUT2D eigenvalue weighted by molar-refractivity contribution is 0.215. The largest absolute Gasteiger partial charge is 0.385 e. The van der Waals surface area contributed by atoms with Gasteiger partial charge in [0, 0.05) is 36.9 Å². The molecule has 28 heavy (non-hydrogen) atoms. The van der Waals surface area contributed by atoms with Crippen molar-refractivity contribution in [3.05, 3.63) is 46.4 Å². The summed E-state index contributed by atoms with van der Waals surface area (Å²) in [6, 6.07) is 6.06. The van der Waals surface area contributed by atoms with E-state index in [4.69, 9.17) is 16.6 Å². The van der Waals surface area contributed by atoms with Crippen LogP contribution in [0.2, 0.25) is 5.02 Å². The molecule has 0 aliphatic rings. The Morgan fingerprint density at radius 3 is 2.29 bits per heavy atom. The van der Waals surface area contributed by atoms with Gasteiger partial charge in [0.05, 0.1) is 28.4 Å². The van der Waals surface area contributed by atoms with Crippen LogP contribution in [0.15, 0.2) is 24.4 Å². The van der Waals surface area contributed by atoms with Crippen LogP contribution in [0.25, 0.3) is 22.3 Å². The molecule has 0 atom stereocenters. The summed E-state index contributed by atoms with van der Waals surface area (Å²) in [5.41, 5.74) is 6.88. The number of nitrogens with one attached hydrogen (secondary N) is 1. The maximum atomic E-state index is 10.3. The number of ether oxygens (including phenoxy) is 1. The molecule has 3 aromatic rings. The van der Waals surface area contributed by atoms with E-state index < -0.39 is 0 Å². The Morgan fingerprint density at radius 2 is 1.79 bits per heavy atom. The predicted molar refractivity (Wildman–Crippen MR) is 117 cm³/mol. The smallest absolute Gasteiger partial charge is 0.0916 e. The second-order valence-corrected chi connectivity index (χ2v) is 6.96. The maximum absolute atomic E-state index is 10.3. The molecule has 3 aromatic heterocycles. The number of hydrogen-bond donors (Lipinski definition) is 1. The van der Waals surface area contributed by atoms with Crippen molar-refractivity contribution in [3.63, 3.8) is 0 Å². The average molecular weight is 408 g/mol. The highest BCUT2D eigenvalue weighted by Gasteiger charge is 2.14. The number of aromatic amines is 1. The van der Waals surface area contributed by atoms with E-state index in [1.54, 1.807) is 7.11 Å². The number of methoxy groups -OCH3 is 1. The second-order valence-electron chi connectivity index (χ2n) is 6.56. The third-order valence-electron chi connectivity index (χ3n) is 4.04. The molecular weight excluding hydrogens is 377 g/mol. The van der Waals surface area contributed by atoms with Crippen molar-refractivity contribution < 1.29 is 9.13 Å². The highest BCUT2D eigenvalue weighted by Crippen LogP contribution is 2.32. The SMILES string of the molecule is CCF.CCOC.Cc1nc(C(C)C)ccc1-c1nc2c(C)c[nH]c2cc1Cl. The zero-order chi connectivity index (χ0) is 21.3. The van der Waals surface area contributed by atoms with Gasteiger partial charge >= 0.3 is 0 Å². The molecule has 154 valence electrons. The third kappa shape index (κ3) is 6.28. The summed E-state index contributed by atoms with van der Waals surface area (Å²) in [7, 11) is 1.68. The Hall–Kier alpha value is -1.98. The summed E-state index contributed by atoms with van der Waals surface area (Å²) in [5.74, 6) is 0.413. The minimum absolute atomic E-state index is 0.250. The fourth-order valence-electron chi connectivity index (χ4n) is 2.50. The van der Waals surface area contributed by atoms with E-state index >= 15 is 0 Å². The molecule has 0 unspecified atom stereocenters. The number of aromatic nitrogens is 3. The van der Waals surface area contributed by atoms with Gasteiger partial charge in [-0.1, -0.05) is 25.4 Å². The molecule has 3 rings (SSSR count). The van der Waals surface area contributed by atoms with Crippen LogP contribution in [-0.2, 0) is 4.74 Å². The second kappa shape index (κ2) is 11.8. The lowest BCUT2D eigenvalue weighted by Crippen LogP contribution is -1.98. The van der Waals surface area contributed by atoms with Gasteiger partial charge in [0.15, 0.2) is 0 Å². The van der Waals surface area contributed by atoms with Crippen LogP contribution in [0.4, 0.5) is 4.39 Å². The Balaban J connectivity index is 0.000000489. The normalized spacial score (nSPS) is 10.4. The first-order chi connectivity index (χ1) is 13.3.